The van der Waals surface area contributed by atoms with Crippen molar-refractivity contribution in [1.29, 1.82) is 0 Å². The zero-order valence-corrected chi connectivity index (χ0v) is 18.8. The van der Waals surface area contributed by atoms with Crippen LogP contribution in [0.15, 0.2) is 60.1 Å². The first-order chi connectivity index (χ1) is 14.6. The Kier molecular flexibility index (Phi) is 7.45. The van der Waals surface area contributed by atoms with Gasteiger partial charge < -0.3 is 5.32 Å². The molecule has 0 unspecified atom stereocenters. The molecule has 1 aromatic carbocycles. The Morgan fingerprint density at radius 3 is 2.73 bits per heavy atom. The van der Waals surface area contributed by atoms with E-state index >= 15 is 0 Å². The number of aryl methyl sites for hydroxylation is 3. The number of allylic oxidation sites excluding steroid dienone is 3. The number of aromatic nitrogens is 2. The van der Waals surface area contributed by atoms with Gasteiger partial charge in [-0.3, -0.25) is 4.68 Å². The molecule has 0 aliphatic carbocycles. The Labute approximate surface area is 181 Å². The van der Waals surface area contributed by atoms with Crippen molar-refractivity contribution >= 4 is 11.8 Å². The van der Waals surface area contributed by atoms with Crippen LogP contribution in [-0.2, 0) is 19.4 Å². The number of hydrogen-bond acceptors (Lipinski definition) is 3. The highest BCUT2D eigenvalue weighted by atomic mass is 15.3. The quantitative estimate of drug-likeness (QED) is 0.546. The highest BCUT2D eigenvalue weighted by Crippen LogP contribution is 2.35. The average Bonchev–Trinajstić information content (AvgIpc) is 3.17. The second-order valence-corrected chi connectivity index (χ2v) is 8.16. The van der Waals surface area contributed by atoms with E-state index in [1.165, 1.54) is 22.4 Å². The lowest BCUT2D eigenvalue weighted by molar-refractivity contribution is 0.490. The summed E-state index contributed by atoms with van der Waals surface area (Å²) in [6, 6.07) is 6.91. The average molecular weight is 403 g/mol. The minimum absolute atomic E-state index is 0.620. The third-order valence-corrected chi connectivity index (χ3v) is 5.46. The van der Waals surface area contributed by atoms with Gasteiger partial charge in [0.1, 0.15) is 5.82 Å². The van der Waals surface area contributed by atoms with Crippen molar-refractivity contribution in [3.05, 3.63) is 71.8 Å². The summed E-state index contributed by atoms with van der Waals surface area (Å²) >= 11 is 0. The second kappa shape index (κ2) is 10.2. The third kappa shape index (κ3) is 4.81. The van der Waals surface area contributed by atoms with Gasteiger partial charge in [0.25, 0.3) is 0 Å². The van der Waals surface area contributed by atoms with Crippen molar-refractivity contribution in [3.8, 4) is 11.3 Å². The predicted octanol–water partition coefficient (Wildman–Crippen LogP) is 6.15. The van der Waals surface area contributed by atoms with Gasteiger partial charge in [0, 0.05) is 35.7 Å². The number of nitrogens with zero attached hydrogens (tertiary/aromatic N) is 3. The number of nitrogens with one attached hydrogen (secondary N) is 1. The molecule has 1 aliphatic rings. The van der Waals surface area contributed by atoms with E-state index in [2.05, 4.69) is 67.5 Å². The molecular weight excluding hydrogens is 368 g/mol. The van der Waals surface area contributed by atoms with E-state index in [1.807, 2.05) is 24.5 Å². The monoisotopic (exact) mass is 402 g/mol. The standard InChI is InChI=1S/C26H34N4/c1-6-10-20-11-12-21(7-2)23(17-20)25-24(18-29-30(25)16-13-19(4)5)22(8-3)26-27-14-9-15-28-26/h8-9,11-12,14-15,17-19,27H,3,6-7,10,13,16H2,1-2,4-5H3/b26-22-. The molecule has 0 fully saturated rings. The van der Waals surface area contributed by atoms with E-state index < -0.39 is 0 Å². The Morgan fingerprint density at radius 2 is 2.10 bits per heavy atom. The first-order valence-electron chi connectivity index (χ1n) is 11.1. The number of aliphatic imine (C=N–C) groups is 1. The van der Waals surface area contributed by atoms with Gasteiger partial charge in [0.15, 0.2) is 0 Å². The number of benzene rings is 1. The molecule has 3 rings (SSSR count). The van der Waals surface area contributed by atoms with Crippen molar-refractivity contribution in [2.24, 2.45) is 10.9 Å². The molecule has 30 heavy (non-hydrogen) atoms. The Hall–Kier alpha value is -2.88. The van der Waals surface area contributed by atoms with Gasteiger partial charge in [0.2, 0.25) is 0 Å². The summed E-state index contributed by atoms with van der Waals surface area (Å²) in [6.07, 6.45) is 13.7. The fourth-order valence-electron chi connectivity index (χ4n) is 3.82. The van der Waals surface area contributed by atoms with Gasteiger partial charge >= 0.3 is 0 Å². The van der Waals surface area contributed by atoms with Crippen molar-refractivity contribution < 1.29 is 0 Å². The molecule has 1 aliphatic heterocycles. The Morgan fingerprint density at radius 1 is 1.27 bits per heavy atom. The van der Waals surface area contributed by atoms with E-state index in [9.17, 15) is 0 Å². The summed E-state index contributed by atoms with van der Waals surface area (Å²) in [7, 11) is 0. The summed E-state index contributed by atoms with van der Waals surface area (Å²) < 4.78 is 2.17. The summed E-state index contributed by atoms with van der Waals surface area (Å²) in [6.45, 7) is 13.9. The lowest BCUT2D eigenvalue weighted by Gasteiger charge is -2.17. The van der Waals surface area contributed by atoms with Crippen LogP contribution in [0.5, 0.6) is 0 Å². The molecule has 4 nitrogen and oxygen atoms in total. The molecule has 0 spiro atoms. The Balaban J connectivity index is 2.22. The van der Waals surface area contributed by atoms with E-state index in [0.717, 1.165) is 49.2 Å². The number of rotatable bonds is 9. The van der Waals surface area contributed by atoms with Gasteiger partial charge in [-0.15, -0.1) is 0 Å². The minimum Gasteiger partial charge on any atom is -0.346 e. The molecule has 0 bridgehead atoms. The molecule has 2 heterocycles. The van der Waals surface area contributed by atoms with Crippen LogP contribution in [0.3, 0.4) is 0 Å². The van der Waals surface area contributed by atoms with Crippen LogP contribution in [0.25, 0.3) is 16.8 Å². The van der Waals surface area contributed by atoms with Crippen molar-refractivity contribution in [2.75, 3.05) is 0 Å². The van der Waals surface area contributed by atoms with Crippen LogP contribution in [0.2, 0.25) is 0 Å². The molecule has 1 aromatic heterocycles. The lowest BCUT2D eigenvalue weighted by Crippen LogP contribution is -2.10. The summed E-state index contributed by atoms with van der Waals surface area (Å²) in [5, 5.41) is 8.08. The molecule has 4 heteroatoms. The molecule has 158 valence electrons. The third-order valence-electron chi connectivity index (χ3n) is 5.46. The first kappa shape index (κ1) is 21.8. The summed E-state index contributed by atoms with van der Waals surface area (Å²) in [4.78, 5) is 4.53. The van der Waals surface area contributed by atoms with Crippen LogP contribution >= 0.6 is 0 Å². The van der Waals surface area contributed by atoms with Crippen LogP contribution in [0.4, 0.5) is 0 Å². The molecule has 1 N–H and O–H groups in total. The molecule has 0 amide bonds. The van der Waals surface area contributed by atoms with Crippen LogP contribution < -0.4 is 5.32 Å². The van der Waals surface area contributed by atoms with Gasteiger partial charge in [-0.1, -0.05) is 58.9 Å². The lowest BCUT2D eigenvalue weighted by atomic mass is 9.93. The van der Waals surface area contributed by atoms with Crippen LogP contribution in [0, 0.1) is 5.92 Å². The fraction of sp³-hybridized carbons (Fsp3) is 0.385. The smallest absolute Gasteiger partial charge is 0.137 e. The molecule has 2 aromatic rings. The van der Waals surface area contributed by atoms with E-state index in [4.69, 9.17) is 5.10 Å². The van der Waals surface area contributed by atoms with Gasteiger partial charge in [-0.05, 0) is 48.4 Å². The summed E-state index contributed by atoms with van der Waals surface area (Å²) in [5.41, 5.74) is 7.21. The first-order valence-corrected chi connectivity index (χ1v) is 11.1. The van der Waals surface area contributed by atoms with Gasteiger partial charge in [-0.25, -0.2) is 4.99 Å². The van der Waals surface area contributed by atoms with Crippen LogP contribution in [0.1, 0.15) is 57.2 Å². The molecule has 0 saturated carbocycles. The topological polar surface area (TPSA) is 42.2 Å². The molecule has 0 atom stereocenters. The van der Waals surface area contributed by atoms with Crippen LogP contribution in [-0.4, -0.2) is 16.0 Å². The summed E-state index contributed by atoms with van der Waals surface area (Å²) in [5.74, 6) is 1.43. The van der Waals surface area contributed by atoms with Crippen molar-refractivity contribution in [2.45, 2.75) is 59.9 Å². The highest BCUT2D eigenvalue weighted by molar-refractivity contribution is 5.87. The zero-order valence-electron chi connectivity index (χ0n) is 18.8. The van der Waals surface area contributed by atoms with Crippen molar-refractivity contribution in [1.82, 2.24) is 15.1 Å². The maximum atomic E-state index is 4.82. The van der Waals surface area contributed by atoms with Gasteiger partial charge in [-0.2, -0.15) is 5.10 Å². The van der Waals surface area contributed by atoms with E-state index in [-0.39, 0.29) is 0 Å². The number of hydrogen-bond donors (Lipinski definition) is 1. The van der Waals surface area contributed by atoms with E-state index in [1.54, 1.807) is 6.21 Å². The Bertz CT molecular complexity index is 973. The molecular formula is C26H34N4. The largest absolute Gasteiger partial charge is 0.346 e. The predicted molar refractivity (Wildman–Crippen MR) is 128 cm³/mol. The maximum Gasteiger partial charge on any atom is 0.137 e. The highest BCUT2D eigenvalue weighted by Gasteiger charge is 2.20. The zero-order chi connectivity index (χ0) is 21.5. The van der Waals surface area contributed by atoms with Crippen molar-refractivity contribution in [3.63, 3.8) is 0 Å². The minimum atomic E-state index is 0.620. The maximum absolute atomic E-state index is 4.82. The second-order valence-electron chi connectivity index (χ2n) is 8.16. The van der Waals surface area contributed by atoms with E-state index in [0.29, 0.717) is 5.92 Å². The molecule has 0 saturated heterocycles. The fourth-order valence-corrected chi connectivity index (χ4v) is 3.82. The SMILES string of the molecule is C=C/C(=C1/N=CC=CN1)c1cnn(CCC(C)C)c1-c1cc(CCC)ccc1CC. The van der Waals surface area contributed by atoms with Gasteiger partial charge in [0.05, 0.1) is 11.9 Å². The normalized spacial score (nSPS) is 14.8. The molecule has 0 radical (unpaired) electrons.